The van der Waals surface area contributed by atoms with E-state index in [1.807, 2.05) is 61.5 Å². The Morgan fingerprint density at radius 3 is 2.33 bits per heavy atom. The number of amides is 1. The second-order valence-corrected chi connectivity index (χ2v) is 7.19. The molecule has 4 heteroatoms. The molecule has 1 atom stereocenters. The van der Waals surface area contributed by atoms with Crippen molar-refractivity contribution < 1.29 is 9.53 Å². The molecule has 0 aliphatic rings. The zero-order valence-corrected chi connectivity index (χ0v) is 16.8. The third kappa shape index (κ3) is 5.44. The van der Waals surface area contributed by atoms with Gasteiger partial charge in [-0.15, -0.1) is 0 Å². The van der Waals surface area contributed by atoms with Gasteiger partial charge in [-0.1, -0.05) is 60.7 Å². The van der Waals surface area contributed by atoms with Crippen molar-refractivity contribution in [1.82, 2.24) is 5.32 Å². The summed E-state index contributed by atoms with van der Waals surface area (Å²) in [5, 5.41) is 3.02. The first-order valence-electron chi connectivity index (χ1n) is 8.95. The molecule has 0 fully saturated rings. The van der Waals surface area contributed by atoms with Crippen molar-refractivity contribution in [2.24, 2.45) is 0 Å². The van der Waals surface area contributed by atoms with Gasteiger partial charge in [0.1, 0.15) is 5.75 Å². The quantitative estimate of drug-likeness (QED) is 0.539. The molecule has 3 aromatic rings. The molecular formula is C23H22BrNO2. The lowest BCUT2D eigenvalue weighted by Crippen LogP contribution is -2.26. The van der Waals surface area contributed by atoms with Gasteiger partial charge in [-0.05, 0) is 52.2 Å². The van der Waals surface area contributed by atoms with E-state index in [0.717, 1.165) is 22.2 Å². The Bertz CT molecular complexity index is 881. The Hall–Kier alpha value is -2.59. The number of nitrogens with one attached hydrogen (secondary N) is 1. The van der Waals surface area contributed by atoms with Crippen molar-refractivity contribution in [2.75, 3.05) is 6.61 Å². The molecule has 0 spiro atoms. The zero-order valence-electron chi connectivity index (χ0n) is 15.2. The van der Waals surface area contributed by atoms with Crippen molar-refractivity contribution in [3.8, 4) is 5.75 Å². The van der Waals surface area contributed by atoms with Crippen LogP contribution in [0.3, 0.4) is 0 Å². The summed E-state index contributed by atoms with van der Waals surface area (Å²) < 4.78 is 6.62. The lowest BCUT2D eigenvalue weighted by atomic mass is 10.1. The average molecular weight is 424 g/mol. The number of carbonyl (C=O) groups excluding carboxylic acids is 1. The Morgan fingerprint density at radius 1 is 1.00 bits per heavy atom. The molecule has 0 radical (unpaired) electrons. The van der Waals surface area contributed by atoms with Gasteiger partial charge in [-0.25, -0.2) is 0 Å². The van der Waals surface area contributed by atoms with E-state index >= 15 is 0 Å². The molecule has 1 amide bonds. The van der Waals surface area contributed by atoms with Crippen molar-refractivity contribution in [3.05, 3.63) is 100 Å². The zero-order chi connectivity index (χ0) is 19.1. The molecule has 3 nitrogen and oxygen atoms in total. The van der Waals surface area contributed by atoms with Crippen LogP contribution in [0.15, 0.2) is 83.3 Å². The fourth-order valence-corrected chi connectivity index (χ4v) is 3.28. The minimum Gasteiger partial charge on any atom is -0.492 e. The van der Waals surface area contributed by atoms with Crippen LogP contribution in [0.5, 0.6) is 5.75 Å². The summed E-state index contributed by atoms with van der Waals surface area (Å²) in [5.41, 5.74) is 2.91. The molecule has 3 rings (SSSR count). The van der Waals surface area contributed by atoms with Gasteiger partial charge < -0.3 is 10.1 Å². The predicted molar refractivity (Wildman–Crippen MR) is 112 cm³/mol. The molecule has 0 saturated carbocycles. The summed E-state index contributed by atoms with van der Waals surface area (Å²) in [5.74, 6) is 0.626. The molecule has 1 unspecified atom stereocenters. The summed E-state index contributed by atoms with van der Waals surface area (Å²) in [4.78, 5) is 12.5. The van der Waals surface area contributed by atoms with Crippen LogP contribution in [-0.4, -0.2) is 12.5 Å². The summed E-state index contributed by atoms with van der Waals surface area (Å²) >= 11 is 3.51. The van der Waals surface area contributed by atoms with Gasteiger partial charge in [0.2, 0.25) is 0 Å². The van der Waals surface area contributed by atoms with Gasteiger partial charge >= 0.3 is 0 Å². The largest absolute Gasteiger partial charge is 0.492 e. The highest BCUT2D eigenvalue weighted by molar-refractivity contribution is 9.10. The maximum Gasteiger partial charge on any atom is 0.251 e. The normalized spacial score (nSPS) is 11.6. The van der Waals surface area contributed by atoms with E-state index < -0.39 is 0 Å². The van der Waals surface area contributed by atoms with Crippen molar-refractivity contribution >= 4 is 21.8 Å². The third-order valence-corrected chi connectivity index (χ3v) is 4.95. The standard InChI is InChI=1S/C23H22BrNO2/c1-17(19-10-6-3-7-11-19)25-23(26)20-12-13-22(21(24)16-20)27-15-14-18-8-4-2-5-9-18/h2-13,16-17H,14-15H2,1H3,(H,25,26). The summed E-state index contributed by atoms with van der Waals surface area (Å²) in [7, 11) is 0. The second-order valence-electron chi connectivity index (χ2n) is 6.34. The average Bonchev–Trinajstić information content (AvgIpc) is 2.70. The minimum atomic E-state index is -0.108. The first-order chi connectivity index (χ1) is 13.1. The number of benzene rings is 3. The van der Waals surface area contributed by atoms with Crippen molar-refractivity contribution in [1.29, 1.82) is 0 Å². The van der Waals surface area contributed by atoms with Crippen molar-refractivity contribution in [2.45, 2.75) is 19.4 Å². The van der Waals surface area contributed by atoms with Crippen LogP contribution in [0.4, 0.5) is 0 Å². The van der Waals surface area contributed by atoms with E-state index in [1.165, 1.54) is 5.56 Å². The van der Waals surface area contributed by atoms with Crippen LogP contribution in [0.25, 0.3) is 0 Å². The van der Waals surface area contributed by atoms with Gasteiger partial charge in [0, 0.05) is 12.0 Å². The number of hydrogen-bond donors (Lipinski definition) is 1. The Kier molecular flexibility index (Phi) is 6.66. The highest BCUT2D eigenvalue weighted by Gasteiger charge is 2.13. The monoisotopic (exact) mass is 423 g/mol. The molecule has 1 N–H and O–H groups in total. The lowest BCUT2D eigenvalue weighted by molar-refractivity contribution is 0.0940. The van der Waals surface area contributed by atoms with Gasteiger partial charge in [-0.2, -0.15) is 0 Å². The SMILES string of the molecule is CC(NC(=O)c1ccc(OCCc2ccccc2)c(Br)c1)c1ccccc1. The van der Waals surface area contributed by atoms with E-state index in [2.05, 4.69) is 33.4 Å². The smallest absolute Gasteiger partial charge is 0.251 e. The maximum absolute atomic E-state index is 12.5. The first-order valence-corrected chi connectivity index (χ1v) is 9.75. The van der Waals surface area contributed by atoms with Crippen LogP contribution in [0.1, 0.15) is 34.5 Å². The fraction of sp³-hybridized carbons (Fsp3) is 0.174. The molecule has 0 aliphatic carbocycles. The molecule has 138 valence electrons. The lowest BCUT2D eigenvalue weighted by Gasteiger charge is -2.15. The third-order valence-electron chi connectivity index (χ3n) is 4.33. The van der Waals surface area contributed by atoms with E-state index in [9.17, 15) is 4.79 Å². The van der Waals surface area contributed by atoms with E-state index in [-0.39, 0.29) is 11.9 Å². The van der Waals surface area contributed by atoms with Crippen LogP contribution in [0, 0.1) is 0 Å². The Labute approximate surface area is 168 Å². The second kappa shape index (κ2) is 9.38. The highest BCUT2D eigenvalue weighted by atomic mass is 79.9. The summed E-state index contributed by atoms with van der Waals surface area (Å²) in [6.07, 6.45) is 0.837. The van der Waals surface area contributed by atoms with Gasteiger partial charge in [0.25, 0.3) is 5.91 Å². The Balaban J connectivity index is 1.57. The molecular weight excluding hydrogens is 402 g/mol. The van der Waals surface area contributed by atoms with Gasteiger partial charge in [-0.3, -0.25) is 4.79 Å². The number of rotatable bonds is 7. The van der Waals surface area contributed by atoms with Crippen molar-refractivity contribution in [3.63, 3.8) is 0 Å². The maximum atomic E-state index is 12.5. The fourth-order valence-electron chi connectivity index (χ4n) is 2.79. The summed E-state index contributed by atoms with van der Waals surface area (Å²) in [6.45, 7) is 2.56. The number of ether oxygens (including phenoxy) is 1. The van der Waals surface area contributed by atoms with Gasteiger partial charge in [0.05, 0.1) is 17.1 Å². The molecule has 0 saturated heterocycles. The molecule has 0 aliphatic heterocycles. The van der Waals surface area contributed by atoms with Crippen LogP contribution < -0.4 is 10.1 Å². The Morgan fingerprint density at radius 2 is 1.67 bits per heavy atom. The van der Waals surface area contributed by atoms with E-state index in [1.54, 1.807) is 12.1 Å². The summed E-state index contributed by atoms with van der Waals surface area (Å²) in [6, 6.07) is 25.5. The number of halogens is 1. The highest BCUT2D eigenvalue weighted by Crippen LogP contribution is 2.26. The van der Waals surface area contributed by atoms with Crippen LogP contribution in [-0.2, 0) is 6.42 Å². The number of carbonyl (C=O) groups is 1. The molecule has 27 heavy (non-hydrogen) atoms. The first kappa shape index (κ1) is 19.2. The van der Waals surface area contributed by atoms with Crippen LogP contribution in [0.2, 0.25) is 0 Å². The van der Waals surface area contributed by atoms with E-state index in [4.69, 9.17) is 4.74 Å². The van der Waals surface area contributed by atoms with Crippen LogP contribution >= 0.6 is 15.9 Å². The topological polar surface area (TPSA) is 38.3 Å². The predicted octanol–water partition coefficient (Wildman–Crippen LogP) is 5.56. The molecule has 0 bridgehead atoms. The molecule has 3 aromatic carbocycles. The number of hydrogen-bond acceptors (Lipinski definition) is 2. The minimum absolute atomic E-state index is 0.0562. The van der Waals surface area contributed by atoms with E-state index in [0.29, 0.717) is 12.2 Å². The molecule has 0 heterocycles. The molecule has 0 aromatic heterocycles. The van der Waals surface area contributed by atoms with Gasteiger partial charge in [0.15, 0.2) is 0 Å².